The molecule has 0 fully saturated rings. The first-order chi connectivity index (χ1) is 7.68. The van der Waals surface area contributed by atoms with Gasteiger partial charge in [-0.3, -0.25) is 0 Å². The summed E-state index contributed by atoms with van der Waals surface area (Å²) in [5.41, 5.74) is 2.85. The Balaban J connectivity index is 2.29. The summed E-state index contributed by atoms with van der Waals surface area (Å²) in [7, 11) is 0. The van der Waals surface area contributed by atoms with Crippen LogP contribution in [0.1, 0.15) is 32.8 Å². The average molecular weight is 217 g/mol. The van der Waals surface area contributed by atoms with E-state index in [0.29, 0.717) is 6.04 Å². The van der Waals surface area contributed by atoms with Crippen LogP contribution in [-0.2, 0) is 6.42 Å². The van der Waals surface area contributed by atoms with Crippen molar-refractivity contribution < 1.29 is 0 Å². The molecular formula is C15H23N. The third-order valence-electron chi connectivity index (χ3n) is 2.52. The lowest BCUT2D eigenvalue weighted by molar-refractivity contribution is 0.594. The summed E-state index contributed by atoms with van der Waals surface area (Å²) in [6.07, 6.45) is 4.53. The molecule has 1 aromatic rings. The Labute approximate surface area is 99.6 Å². The molecule has 88 valence electrons. The van der Waals surface area contributed by atoms with E-state index in [4.69, 9.17) is 0 Å². The highest BCUT2D eigenvalue weighted by Gasteiger charge is 1.94. The zero-order chi connectivity index (χ0) is 11.8. The fourth-order valence-corrected chi connectivity index (χ4v) is 1.68. The predicted octanol–water partition coefficient (Wildman–Crippen LogP) is 3.56. The molecule has 0 amide bonds. The quantitative estimate of drug-likeness (QED) is 0.567. The summed E-state index contributed by atoms with van der Waals surface area (Å²) in [5, 5.41) is 3.42. The van der Waals surface area contributed by atoms with Gasteiger partial charge in [0.1, 0.15) is 0 Å². The smallest absolute Gasteiger partial charge is 0.00105 e. The number of rotatable bonds is 6. The minimum absolute atomic E-state index is 0.586. The number of benzene rings is 1. The molecule has 0 atom stereocenters. The van der Waals surface area contributed by atoms with Crippen LogP contribution < -0.4 is 5.32 Å². The maximum atomic E-state index is 3.42. The van der Waals surface area contributed by atoms with Crippen molar-refractivity contribution in [3.05, 3.63) is 47.5 Å². The van der Waals surface area contributed by atoms with Crippen LogP contribution in [-0.4, -0.2) is 12.6 Å². The molecule has 16 heavy (non-hydrogen) atoms. The third-order valence-corrected chi connectivity index (χ3v) is 2.52. The van der Waals surface area contributed by atoms with E-state index < -0.39 is 0 Å². The Hall–Kier alpha value is -1.08. The minimum atomic E-state index is 0.586. The molecule has 0 aromatic heterocycles. The molecule has 0 aliphatic carbocycles. The van der Waals surface area contributed by atoms with Crippen LogP contribution in [0.2, 0.25) is 0 Å². The van der Waals surface area contributed by atoms with Crippen molar-refractivity contribution in [1.82, 2.24) is 5.32 Å². The number of hydrogen-bond donors (Lipinski definition) is 1. The standard InChI is InChI=1S/C15H23N/c1-13(2)16-11-7-8-14(3)12-15-9-5-4-6-10-15/h4-6,8-10,13,16H,7,11-12H2,1-3H3/b14-8-. The third kappa shape index (κ3) is 5.72. The Morgan fingerprint density at radius 2 is 1.94 bits per heavy atom. The van der Waals surface area contributed by atoms with Crippen molar-refractivity contribution in [2.45, 2.75) is 39.7 Å². The molecule has 0 saturated heterocycles. The Morgan fingerprint density at radius 3 is 2.56 bits per heavy atom. The fraction of sp³-hybridized carbons (Fsp3) is 0.467. The summed E-state index contributed by atoms with van der Waals surface area (Å²) in [6, 6.07) is 11.2. The molecule has 0 unspecified atom stereocenters. The molecule has 0 aliphatic heterocycles. The van der Waals surface area contributed by atoms with E-state index in [-0.39, 0.29) is 0 Å². The van der Waals surface area contributed by atoms with E-state index in [2.05, 4.69) is 62.5 Å². The Bertz CT molecular complexity index is 311. The minimum Gasteiger partial charge on any atom is -0.314 e. The molecule has 0 spiro atoms. The SMILES string of the molecule is C/C(=C/CCNC(C)C)Cc1ccccc1. The van der Waals surface area contributed by atoms with Crippen LogP contribution in [0.15, 0.2) is 42.0 Å². The van der Waals surface area contributed by atoms with Gasteiger partial charge in [0.25, 0.3) is 0 Å². The van der Waals surface area contributed by atoms with Gasteiger partial charge in [0, 0.05) is 6.04 Å². The summed E-state index contributed by atoms with van der Waals surface area (Å²) in [5.74, 6) is 0. The lowest BCUT2D eigenvalue weighted by atomic mass is 10.1. The van der Waals surface area contributed by atoms with Gasteiger partial charge >= 0.3 is 0 Å². The van der Waals surface area contributed by atoms with Gasteiger partial charge in [0.05, 0.1) is 0 Å². The first kappa shape index (κ1) is 13.0. The molecule has 1 N–H and O–H groups in total. The monoisotopic (exact) mass is 217 g/mol. The van der Waals surface area contributed by atoms with E-state index in [1.165, 1.54) is 11.1 Å². The molecule has 1 nitrogen and oxygen atoms in total. The molecule has 0 radical (unpaired) electrons. The van der Waals surface area contributed by atoms with Crippen molar-refractivity contribution >= 4 is 0 Å². The molecule has 0 bridgehead atoms. The van der Waals surface area contributed by atoms with Crippen LogP contribution in [0.25, 0.3) is 0 Å². The van der Waals surface area contributed by atoms with Gasteiger partial charge in [-0.15, -0.1) is 0 Å². The van der Waals surface area contributed by atoms with Crippen LogP contribution in [0.3, 0.4) is 0 Å². The lowest BCUT2D eigenvalue weighted by Gasteiger charge is -2.06. The van der Waals surface area contributed by atoms with E-state index in [1.54, 1.807) is 0 Å². The first-order valence-corrected chi connectivity index (χ1v) is 6.11. The van der Waals surface area contributed by atoms with Crippen LogP contribution >= 0.6 is 0 Å². The first-order valence-electron chi connectivity index (χ1n) is 6.11. The second-order valence-electron chi connectivity index (χ2n) is 4.61. The fourth-order valence-electron chi connectivity index (χ4n) is 1.68. The van der Waals surface area contributed by atoms with Crippen molar-refractivity contribution in [3.8, 4) is 0 Å². The molecular weight excluding hydrogens is 194 g/mol. The van der Waals surface area contributed by atoms with E-state index in [9.17, 15) is 0 Å². The Morgan fingerprint density at radius 1 is 1.25 bits per heavy atom. The van der Waals surface area contributed by atoms with Gasteiger partial charge < -0.3 is 5.32 Å². The summed E-state index contributed by atoms with van der Waals surface area (Å²) < 4.78 is 0. The van der Waals surface area contributed by atoms with E-state index in [1.807, 2.05) is 0 Å². The molecule has 1 rings (SSSR count). The lowest BCUT2D eigenvalue weighted by Crippen LogP contribution is -2.23. The summed E-state index contributed by atoms with van der Waals surface area (Å²) in [6.45, 7) is 7.65. The maximum absolute atomic E-state index is 3.42. The molecule has 0 saturated carbocycles. The predicted molar refractivity (Wildman–Crippen MR) is 71.7 cm³/mol. The van der Waals surface area contributed by atoms with Gasteiger partial charge in [0.2, 0.25) is 0 Å². The topological polar surface area (TPSA) is 12.0 Å². The highest BCUT2D eigenvalue weighted by Crippen LogP contribution is 2.07. The second-order valence-corrected chi connectivity index (χ2v) is 4.61. The van der Waals surface area contributed by atoms with Crippen LogP contribution in [0.4, 0.5) is 0 Å². The van der Waals surface area contributed by atoms with Gasteiger partial charge in [-0.1, -0.05) is 55.8 Å². The zero-order valence-corrected chi connectivity index (χ0v) is 10.7. The molecule has 0 aliphatic rings. The van der Waals surface area contributed by atoms with Gasteiger partial charge in [-0.2, -0.15) is 0 Å². The van der Waals surface area contributed by atoms with Gasteiger partial charge in [0.15, 0.2) is 0 Å². The van der Waals surface area contributed by atoms with Gasteiger partial charge in [-0.25, -0.2) is 0 Å². The van der Waals surface area contributed by atoms with Gasteiger partial charge in [-0.05, 0) is 31.9 Å². The average Bonchev–Trinajstić information content (AvgIpc) is 2.25. The largest absolute Gasteiger partial charge is 0.314 e. The normalized spacial score (nSPS) is 12.1. The van der Waals surface area contributed by atoms with Crippen molar-refractivity contribution in [2.24, 2.45) is 0 Å². The summed E-state index contributed by atoms with van der Waals surface area (Å²) >= 11 is 0. The van der Waals surface area contributed by atoms with Crippen molar-refractivity contribution in [3.63, 3.8) is 0 Å². The highest BCUT2D eigenvalue weighted by molar-refractivity contribution is 5.20. The van der Waals surface area contributed by atoms with Crippen molar-refractivity contribution in [1.29, 1.82) is 0 Å². The number of hydrogen-bond acceptors (Lipinski definition) is 1. The molecule has 1 aromatic carbocycles. The maximum Gasteiger partial charge on any atom is 0.00105 e. The Kier molecular flexibility index (Phi) is 5.87. The van der Waals surface area contributed by atoms with E-state index >= 15 is 0 Å². The molecule has 1 heteroatoms. The van der Waals surface area contributed by atoms with Crippen LogP contribution in [0, 0.1) is 0 Å². The van der Waals surface area contributed by atoms with Crippen LogP contribution in [0.5, 0.6) is 0 Å². The summed E-state index contributed by atoms with van der Waals surface area (Å²) in [4.78, 5) is 0. The zero-order valence-electron chi connectivity index (χ0n) is 10.7. The van der Waals surface area contributed by atoms with Crippen molar-refractivity contribution in [2.75, 3.05) is 6.54 Å². The number of allylic oxidation sites excluding steroid dienone is 1. The number of nitrogens with one attached hydrogen (secondary N) is 1. The highest BCUT2D eigenvalue weighted by atomic mass is 14.9. The second kappa shape index (κ2) is 7.24. The molecule has 0 heterocycles. The van der Waals surface area contributed by atoms with E-state index in [0.717, 1.165) is 19.4 Å².